The van der Waals surface area contributed by atoms with Crippen molar-refractivity contribution in [3.05, 3.63) is 24.3 Å². The molecule has 70 valence electrons. The van der Waals surface area contributed by atoms with Crippen LogP contribution in [0, 0.1) is 0 Å². The molecule has 0 unspecified atom stereocenters. The number of hydrogen-bond acceptors (Lipinski definition) is 3. The van der Waals surface area contributed by atoms with Gasteiger partial charge in [-0.25, -0.2) is 9.97 Å². The second-order valence-corrected chi connectivity index (χ2v) is 2.08. The first kappa shape index (κ1) is 9.43. The number of nitrogens with one attached hydrogen (secondary N) is 1. The Morgan fingerprint density at radius 2 is 1.85 bits per heavy atom. The summed E-state index contributed by atoms with van der Waals surface area (Å²) in [5.41, 5.74) is -0.236. The van der Waals surface area contributed by atoms with E-state index < -0.39 is 12.2 Å². The highest BCUT2D eigenvalue weighted by atomic mass is 19.4. The standard InChI is InChI=1S/C6H4F3N3O/c7-6(8,9)12-5(13)4-1-10-3-11-2-4/h1-3H,(H,12,13). The minimum Gasteiger partial charge on any atom is -0.269 e. The molecule has 4 nitrogen and oxygen atoms in total. The molecule has 1 N–H and O–H groups in total. The molecule has 1 aromatic heterocycles. The van der Waals surface area contributed by atoms with E-state index in [-0.39, 0.29) is 5.56 Å². The molecule has 0 aliphatic carbocycles. The van der Waals surface area contributed by atoms with E-state index in [1.165, 1.54) is 0 Å². The van der Waals surface area contributed by atoms with Gasteiger partial charge in [-0.1, -0.05) is 0 Å². The summed E-state index contributed by atoms with van der Waals surface area (Å²) in [6.45, 7) is 0. The summed E-state index contributed by atoms with van der Waals surface area (Å²) in [4.78, 5) is 17.5. The average Bonchev–Trinajstić information content (AvgIpc) is 2.03. The predicted molar refractivity (Wildman–Crippen MR) is 35.6 cm³/mol. The summed E-state index contributed by atoms with van der Waals surface area (Å²) in [6, 6.07) is 0. The maximum absolute atomic E-state index is 11.6. The van der Waals surface area contributed by atoms with E-state index in [1.54, 1.807) is 0 Å². The zero-order valence-electron chi connectivity index (χ0n) is 6.17. The van der Waals surface area contributed by atoms with Crippen LogP contribution in [0.3, 0.4) is 0 Å². The van der Waals surface area contributed by atoms with Gasteiger partial charge in [-0.3, -0.25) is 10.1 Å². The van der Waals surface area contributed by atoms with Crippen molar-refractivity contribution in [2.75, 3.05) is 0 Å². The van der Waals surface area contributed by atoms with Crippen molar-refractivity contribution in [2.45, 2.75) is 6.30 Å². The Labute approximate surface area is 70.8 Å². The lowest BCUT2D eigenvalue weighted by Gasteiger charge is -2.06. The fourth-order valence-electron chi connectivity index (χ4n) is 0.617. The molecule has 0 fully saturated rings. The third kappa shape index (κ3) is 3.06. The van der Waals surface area contributed by atoms with Crippen LogP contribution in [-0.2, 0) is 0 Å². The zero-order chi connectivity index (χ0) is 9.90. The van der Waals surface area contributed by atoms with Gasteiger partial charge in [0.15, 0.2) is 0 Å². The lowest BCUT2D eigenvalue weighted by atomic mass is 10.3. The Balaban J connectivity index is 2.71. The number of amides is 1. The van der Waals surface area contributed by atoms with Gasteiger partial charge in [0.25, 0.3) is 5.91 Å². The fourth-order valence-corrected chi connectivity index (χ4v) is 0.617. The third-order valence-electron chi connectivity index (χ3n) is 1.08. The molecule has 7 heteroatoms. The number of aromatic nitrogens is 2. The van der Waals surface area contributed by atoms with Gasteiger partial charge in [0.1, 0.15) is 6.33 Å². The number of carbonyl (C=O) groups is 1. The molecular formula is C6H4F3N3O. The molecule has 0 atom stereocenters. The quantitative estimate of drug-likeness (QED) is 0.665. The van der Waals surface area contributed by atoms with Gasteiger partial charge in [0, 0.05) is 12.4 Å². The minimum absolute atomic E-state index is 0.236. The van der Waals surface area contributed by atoms with Gasteiger partial charge < -0.3 is 0 Å². The van der Waals surface area contributed by atoms with E-state index >= 15 is 0 Å². The highest BCUT2D eigenvalue weighted by Crippen LogP contribution is 2.10. The van der Waals surface area contributed by atoms with Crippen LogP contribution in [0.1, 0.15) is 10.4 Å². The first-order chi connectivity index (χ1) is 5.99. The Bertz CT molecular complexity index is 298. The number of halogens is 3. The molecule has 0 saturated heterocycles. The van der Waals surface area contributed by atoms with Crippen molar-refractivity contribution < 1.29 is 18.0 Å². The molecule has 0 aromatic carbocycles. The van der Waals surface area contributed by atoms with E-state index in [1.807, 2.05) is 0 Å². The molecule has 1 rings (SSSR count). The first-order valence-corrected chi connectivity index (χ1v) is 3.13. The van der Waals surface area contributed by atoms with Gasteiger partial charge >= 0.3 is 6.30 Å². The lowest BCUT2D eigenvalue weighted by Crippen LogP contribution is -2.37. The molecular weight excluding hydrogens is 187 g/mol. The van der Waals surface area contributed by atoms with E-state index in [2.05, 4.69) is 9.97 Å². The Morgan fingerprint density at radius 3 is 2.31 bits per heavy atom. The van der Waals surface area contributed by atoms with Crippen LogP contribution in [0.5, 0.6) is 0 Å². The molecule has 13 heavy (non-hydrogen) atoms. The number of alkyl halides is 3. The van der Waals surface area contributed by atoms with Gasteiger partial charge in [-0.2, -0.15) is 13.2 Å². The van der Waals surface area contributed by atoms with Gasteiger partial charge in [-0.05, 0) is 0 Å². The van der Waals surface area contributed by atoms with Crippen molar-refractivity contribution in [3.63, 3.8) is 0 Å². The molecule has 0 aliphatic rings. The predicted octanol–water partition coefficient (Wildman–Crippen LogP) is 0.726. The minimum atomic E-state index is -4.73. The summed E-state index contributed by atoms with van der Waals surface area (Å²) in [5, 5.41) is 0.816. The van der Waals surface area contributed by atoms with Crippen LogP contribution in [0.25, 0.3) is 0 Å². The van der Waals surface area contributed by atoms with Crippen molar-refractivity contribution in [3.8, 4) is 0 Å². The molecule has 1 amide bonds. The molecule has 0 aliphatic heterocycles. The molecule has 0 radical (unpaired) electrons. The van der Waals surface area contributed by atoms with Crippen molar-refractivity contribution in [1.82, 2.24) is 15.3 Å². The van der Waals surface area contributed by atoms with Crippen molar-refractivity contribution in [2.24, 2.45) is 0 Å². The molecule has 0 saturated carbocycles. The number of nitrogens with zero attached hydrogens (tertiary/aromatic N) is 2. The SMILES string of the molecule is O=C(NC(F)(F)F)c1cncnc1. The molecule has 1 aromatic rings. The van der Waals surface area contributed by atoms with E-state index in [0.29, 0.717) is 0 Å². The van der Waals surface area contributed by atoms with Gasteiger partial charge in [-0.15, -0.1) is 0 Å². The first-order valence-electron chi connectivity index (χ1n) is 3.13. The Kier molecular flexibility index (Phi) is 2.45. The molecule has 1 heterocycles. The van der Waals surface area contributed by atoms with E-state index in [4.69, 9.17) is 0 Å². The normalized spacial score (nSPS) is 11.0. The number of hydrogen-bond donors (Lipinski definition) is 1. The zero-order valence-corrected chi connectivity index (χ0v) is 6.17. The van der Waals surface area contributed by atoms with Crippen LogP contribution < -0.4 is 5.32 Å². The summed E-state index contributed by atoms with van der Waals surface area (Å²) < 4.78 is 34.9. The fraction of sp³-hybridized carbons (Fsp3) is 0.167. The molecule has 0 spiro atoms. The van der Waals surface area contributed by atoms with Crippen molar-refractivity contribution >= 4 is 5.91 Å². The monoisotopic (exact) mass is 191 g/mol. The lowest BCUT2D eigenvalue weighted by molar-refractivity contribution is -0.146. The highest BCUT2D eigenvalue weighted by Gasteiger charge is 2.30. The largest absolute Gasteiger partial charge is 0.484 e. The highest BCUT2D eigenvalue weighted by molar-refractivity contribution is 5.93. The Hall–Kier alpha value is -1.66. The Morgan fingerprint density at radius 1 is 1.31 bits per heavy atom. The smallest absolute Gasteiger partial charge is 0.269 e. The van der Waals surface area contributed by atoms with Crippen LogP contribution in [0.2, 0.25) is 0 Å². The van der Waals surface area contributed by atoms with Gasteiger partial charge in [0.2, 0.25) is 0 Å². The van der Waals surface area contributed by atoms with E-state index in [9.17, 15) is 18.0 Å². The summed E-state index contributed by atoms with van der Waals surface area (Å²) >= 11 is 0. The molecule has 0 bridgehead atoms. The average molecular weight is 191 g/mol. The van der Waals surface area contributed by atoms with Crippen LogP contribution in [-0.4, -0.2) is 22.2 Å². The van der Waals surface area contributed by atoms with Gasteiger partial charge in [0.05, 0.1) is 5.56 Å². The maximum atomic E-state index is 11.6. The summed E-state index contributed by atoms with van der Waals surface area (Å²) in [7, 11) is 0. The second-order valence-electron chi connectivity index (χ2n) is 2.08. The summed E-state index contributed by atoms with van der Waals surface area (Å²) in [6.07, 6.45) is -1.63. The topological polar surface area (TPSA) is 54.9 Å². The van der Waals surface area contributed by atoms with Crippen LogP contribution in [0.4, 0.5) is 13.2 Å². The van der Waals surface area contributed by atoms with Crippen molar-refractivity contribution in [1.29, 1.82) is 0 Å². The van der Waals surface area contributed by atoms with E-state index in [0.717, 1.165) is 24.0 Å². The number of rotatable bonds is 1. The number of carbonyl (C=O) groups excluding carboxylic acids is 1. The third-order valence-corrected chi connectivity index (χ3v) is 1.08. The van der Waals surface area contributed by atoms with Crippen LogP contribution in [0.15, 0.2) is 18.7 Å². The van der Waals surface area contributed by atoms with Crippen LogP contribution >= 0.6 is 0 Å². The summed E-state index contributed by atoms with van der Waals surface area (Å²) in [5.74, 6) is -1.27. The second kappa shape index (κ2) is 3.38. The maximum Gasteiger partial charge on any atom is 0.484 e.